The first-order chi connectivity index (χ1) is 14.9. The van der Waals surface area contributed by atoms with E-state index in [-0.39, 0.29) is 22.2 Å². The number of benzene rings is 3. The molecule has 0 spiro atoms. The van der Waals surface area contributed by atoms with Crippen molar-refractivity contribution in [3.8, 4) is 11.5 Å². The summed E-state index contributed by atoms with van der Waals surface area (Å²) < 4.78 is 5.73. The molecular weight excluding hydrogens is 418 g/mol. The highest BCUT2D eigenvalue weighted by atomic mass is 32.1. The molecule has 0 aliphatic carbocycles. The van der Waals surface area contributed by atoms with Crippen molar-refractivity contribution in [1.29, 1.82) is 0 Å². The molecule has 3 aromatic rings. The van der Waals surface area contributed by atoms with Gasteiger partial charge in [0.1, 0.15) is 11.5 Å². The largest absolute Gasteiger partial charge is 0.506 e. The van der Waals surface area contributed by atoms with Gasteiger partial charge in [-0.1, -0.05) is 36.4 Å². The third-order valence-corrected chi connectivity index (χ3v) is 4.47. The Kier molecular flexibility index (Phi) is 7.13. The standard InChI is InChI=1S/C22H19N3O5S/c26-20-10-9-17(25(28)29)14-19(20)23-22(31)24-21(27)16-7-4-8-18(13-16)30-12-11-15-5-2-1-3-6-15/h1-10,13-14,26H,11-12H2,(H2,23,24,27,31). The summed E-state index contributed by atoms with van der Waals surface area (Å²) in [4.78, 5) is 22.8. The molecule has 3 aromatic carbocycles. The van der Waals surface area contributed by atoms with E-state index in [0.29, 0.717) is 17.9 Å². The van der Waals surface area contributed by atoms with Crippen LogP contribution in [0, 0.1) is 10.1 Å². The zero-order chi connectivity index (χ0) is 22.2. The van der Waals surface area contributed by atoms with Crippen LogP contribution in [-0.2, 0) is 6.42 Å². The minimum Gasteiger partial charge on any atom is -0.506 e. The fraction of sp³-hybridized carbons (Fsp3) is 0.0909. The number of non-ortho nitro benzene ring substituents is 1. The molecule has 0 radical (unpaired) electrons. The van der Waals surface area contributed by atoms with Gasteiger partial charge < -0.3 is 15.2 Å². The van der Waals surface area contributed by atoms with Gasteiger partial charge in [0.25, 0.3) is 11.6 Å². The molecule has 3 rings (SSSR count). The number of nitro benzene ring substituents is 1. The molecule has 0 heterocycles. The molecule has 0 saturated carbocycles. The number of aromatic hydroxyl groups is 1. The highest BCUT2D eigenvalue weighted by Gasteiger charge is 2.13. The second-order valence-corrected chi connectivity index (χ2v) is 6.89. The second kappa shape index (κ2) is 10.2. The minimum atomic E-state index is -0.602. The van der Waals surface area contributed by atoms with Crippen molar-refractivity contribution in [3.63, 3.8) is 0 Å². The molecule has 0 fully saturated rings. The second-order valence-electron chi connectivity index (χ2n) is 6.48. The first-order valence-corrected chi connectivity index (χ1v) is 9.70. The Labute approximate surface area is 183 Å². The first-order valence-electron chi connectivity index (χ1n) is 9.29. The Hall–Kier alpha value is -3.98. The summed E-state index contributed by atoms with van der Waals surface area (Å²) in [5, 5.41) is 25.7. The smallest absolute Gasteiger partial charge is 0.271 e. The van der Waals surface area contributed by atoms with Crippen LogP contribution in [0.15, 0.2) is 72.8 Å². The van der Waals surface area contributed by atoms with Crippen molar-refractivity contribution in [2.75, 3.05) is 11.9 Å². The first kappa shape index (κ1) is 21.7. The number of rotatable bonds is 7. The molecule has 0 aromatic heterocycles. The number of hydrogen-bond acceptors (Lipinski definition) is 6. The molecule has 9 heteroatoms. The fourth-order valence-corrected chi connectivity index (χ4v) is 2.93. The van der Waals surface area contributed by atoms with E-state index in [2.05, 4.69) is 10.6 Å². The average molecular weight is 437 g/mol. The molecule has 3 N–H and O–H groups in total. The molecule has 0 bridgehead atoms. The number of carbonyl (C=O) groups is 1. The molecule has 158 valence electrons. The highest BCUT2D eigenvalue weighted by molar-refractivity contribution is 7.80. The quantitative estimate of drug-likeness (QED) is 0.221. The lowest BCUT2D eigenvalue weighted by atomic mass is 10.2. The Balaban J connectivity index is 1.57. The van der Waals surface area contributed by atoms with Crippen molar-refractivity contribution in [3.05, 3.63) is 94.0 Å². The van der Waals surface area contributed by atoms with Crippen LogP contribution in [-0.4, -0.2) is 27.7 Å². The van der Waals surface area contributed by atoms with Crippen molar-refractivity contribution in [2.45, 2.75) is 6.42 Å². The van der Waals surface area contributed by atoms with Crippen LogP contribution in [0.25, 0.3) is 0 Å². The van der Waals surface area contributed by atoms with Gasteiger partial charge in [0.05, 0.1) is 17.2 Å². The Morgan fingerprint density at radius 1 is 1.06 bits per heavy atom. The van der Waals surface area contributed by atoms with Crippen LogP contribution in [0.2, 0.25) is 0 Å². The predicted molar refractivity (Wildman–Crippen MR) is 121 cm³/mol. The van der Waals surface area contributed by atoms with Gasteiger partial charge in [0, 0.05) is 24.1 Å². The normalized spacial score (nSPS) is 10.2. The van der Waals surface area contributed by atoms with Gasteiger partial charge >= 0.3 is 0 Å². The molecule has 0 saturated heterocycles. The van der Waals surface area contributed by atoms with Gasteiger partial charge in [-0.3, -0.25) is 20.2 Å². The van der Waals surface area contributed by atoms with Crippen LogP contribution in [0.5, 0.6) is 11.5 Å². The summed E-state index contributed by atoms with van der Waals surface area (Å²) >= 11 is 5.08. The van der Waals surface area contributed by atoms with Gasteiger partial charge in [0.2, 0.25) is 0 Å². The van der Waals surface area contributed by atoms with Gasteiger partial charge in [-0.2, -0.15) is 0 Å². The lowest BCUT2D eigenvalue weighted by Crippen LogP contribution is -2.34. The maximum absolute atomic E-state index is 12.5. The lowest BCUT2D eigenvalue weighted by molar-refractivity contribution is -0.384. The van der Waals surface area contributed by atoms with Gasteiger partial charge in [-0.05, 0) is 42.0 Å². The van der Waals surface area contributed by atoms with E-state index in [1.807, 2.05) is 30.3 Å². The predicted octanol–water partition coefficient (Wildman–Crippen LogP) is 4.05. The molecular formula is C22H19N3O5S. The van der Waals surface area contributed by atoms with E-state index >= 15 is 0 Å². The summed E-state index contributed by atoms with van der Waals surface area (Å²) in [6.07, 6.45) is 0.734. The van der Waals surface area contributed by atoms with E-state index < -0.39 is 10.8 Å². The van der Waals surface area contributed by atoms with Crippen LogP contribution < -0.4 is 15.4 Å². The SMILES string of the molecule is O=C(NC(=S)Nc1cc([N+](=O)[O-])ccc1O)c1cccc(OCCc2ccccc2)c1. The van der Waals surface area contributed by atoms with E-state index in [4.69, 9.17) is 17.0 Å². The average Bonchev–Trinajstić information content (AvgIpc) is 2.76. The lowest BCUT2D eigenvalue weighted by Gasteiger charge is -2.12. The van der Waals surface area contributed by atoms with Crippen molar-refractivity contribution < 1.29 is 19.6 Å². The molecule has 1 amide bonds. The number of nitrogens with one attached hydrogen (secondary N) is 2. The number of anilines is 1. The Morgan fingerprint density at radius 2 is 1.84 bits per heavy atom. The van der Waals surface area contributed by atoms with Crippen molar-refractivity contribution in [1.82, 2.24) is 5.32 Å². The van der Waals surface area contributed by atoms with Gasteiger partial charge in [-0.25, -0.2) is 0 Å². The third kappa shape index (κ3) is 6.25. The summed E-state index contributed by atoms with van der Waals surface area (Å²) in [7, 11) is 0. The van der Waals surface area contributed by atoms with Crippen LogP contribution in [0.4, 0.5) is 11.4 Å². The highest BCUT2D eigenvalue weighted by Crippen LogP contribution is 2.27. The summed E-state index contributed by atoms with van der Waals surface area (Å²) in [5.74, 6) is -0.189. The summed E-state index contributed by atoms with van der Waals surface area (Å²) in [6, 6.07) is 20.0. The molecule has 0 aliphatic rings. The van der Waals surface area contributed by atoms with Crippen LogP contribution in [0.1, 0.15) is 15.9 Å². The number of ether oxygens (including phenoxy) is 1. The number of nitrogens with zero attached hydrogens (tertiary/aromatic N) is 1. The number of phenols is 1. The number of nitro groups is 1. The molecule has 31 heavy (non-hydrogen) atoms. The van der Waals surface area contributed by atoms with E-state index in [1.54, 1.807) is 24.3 Å². The zero-order valence-electron chi connectivity index (χ0n) is 16.3. The van der Waals surface area contributed by atoms with E-state index in [1.165, 1.54) is 6.07 Å². The van der Waals surface area contributed by atoms with Crippen LogP contribution in [0.3, 0.4) is 0 Å². The molecule has 8 nitrogen and oxygen atoms in total. The number of hydrogen-bond donors (Lipinski definition) is 3. The fourth-order valence-electron chi connectivity index (χ4n) is 2.73. The number of phenolic OH excluding ortho intramolecular Hbond substituents is 1. The van der Waals surface area contributed by atoms with Crippen LogP contribution >= 0.6 is 12.2 Å². The van der Waals surface area contributed by atoms with E-state index in [9.17, 15) is 20.0 Å². The Morgan fingerprint density at radius 3 is 2.58 bits per heavy atom. The molecule has 0 unspecified atom stereocenters. The third-order valence-electron chi connectivity index (χ3n) is 4.26. The number of thiocarbonyl (C=S) groups is 1. The Bertz CT molecular complexity index is 1110. The molecule has 0 atom stereocenters. The molecule has 0 aliphatic heterocycles. The van der Waals surface area contributed by atoms with E-state index in [0.717, 1.165) is 24.1 Å². The van der Waals surface area contributed by atoms with Crippen molar-refractivity contribution >= 4 is 34.6 Å². The topological polar surface area (TPSA) is 114 Å². The number of amides is 1. The summed E-state index contributed by atoms with van der Waals surface area (Å²) in [6.45, 7) is 0.459. The maximum atomic E-state index is 12.5. The van der Waals surface area contributed by atoms with Gasteiger partial charge in [-0.15, -0.1) is 0 Å². The van der Waals surface area contributed by atoms with Crippen molar-refractivity contribution in [2.24, 2.45) is 0 Å². The number of carbonyl (C=O) groups excluding carboxylic acids is 1. The zero-order valence-corrected chi connectivity index (χ0v) is 17.1. The monoisotopic (exact) mass is 437 g/mol. The minimum absolute atomic E-state index is 0.0116. The maximum Gasteiger partial charge on any atom is 0.271 e. The van der Waals surface area contributed by atoms with Gasteiger partial charge in [0.15, 0.2) is 5.11 Å². The summed E-state index contributed by atoms with van der Waals surface area (Å²) in [5.41, 5.74) is 1.26.